The molecule has 2 rings (SSSR count). The minimum atomic E-state index is -2.95. The molecule has 1 aliphatic carbocycles. The van der Waals surface area contributed by atoms with Crippen LogP contribution in [0.5, 0.6) is 0 Å². The van der Waals surface area contributed by atoms with E-state index >= 15 is 0 Å². The van der Waals surface area contributed by atoms with Gasteiger partial charge in [0.25, 0.3) is 0 Å². The molecular formula is C14H25NO4S. The van der Waals surface area contributed by atoms with E-state index in [9.17, 15) is 18.3 Å². The summed E-state index contributed by atoms with van der Waals surface area (Å²) in [6.07, 6.45) is 6.12. The number of aliphatic carboxylic acids is 1. The van der Waals surface area contributed by atoms with Gasteiger partial charge in [0.15, 0.2) is 0 Å². The maximum Gasteiger partial charge on any atom is 0.309 e. The molecule has 1 saturated heterocycles. The zero-order valence-corrected chi connectivity index (χ0v) is 13.2. The second kappa shape index (κ2) is 5.64. The Hall–Kier alpha value is -0.620. The summed E-state index contributed by atoms with van der Waals surface area (Å²) in [6.45, 7) is 3.35. The van der Waals surface area contributed by atoms with Crippen LogP contribution in [-0.2, 0) is 14.6 Å². The standard InChI is InChI=1S/C14H25NO4S/c1-14(13(16)17)6-8-15(9-7-14)11-4-3-5-12(10-11)20(2,18)19/h11-12H,3-10H2,1-2H3,(H,16,17). The van der Waals surface area contributed by atoms with E-state index < -0.39 is 21.2 Å². The van der Waals surface area contributed by atoms with Crippen molar-refractivity contribution < 1.29 is 18.3 Å². The van der Waals surface area contributed by atoms with Gasteiger partial charge in [0, 0.05) is 12.3 Å². The first kappa shape index (κ1) is 15.8. The fourth-order valence-corrected chi connectivity index (χ4v) is 4.60. The highest BCUT2D eigenvalue weighted by molar-refractivity contribution is 7.91. The molecule has 0 spiro atoms. The molecule has 2 fully saturated rings. The molecule has 0 aromatic heterocycles. The molecule has 1 aliphatic heterocycles. The van der Waals surface area contributed by atoms with E-state index in [2.05, 4.69) is 4.90 Å². The Bertz CT molecular complexity index is 466. The van der Waals surface area contributed by atoms with E-state index in [0.29, 0.717) is 25.3 Å². The molecule has 2 atom stereocenters. The molecule has 2 unspecified atom stereocenters. The van der Waals surface area contributed by atoms with Gasteiger partial charge in [0.1, 0.15) is 9.84 Å². The van der Waals surface area contributed by atoms with E-state index in [1.54, 1.807) is 0 Å². The summed E-state index contributed by atoms with van der Waals surface area (Å²) in [5.41, 5.74) is -0.610. The van der Waals surface area contributed by atoms with Gasteiger partial charge in [-0.15, -0.1) is 0 Å². The van der Waals surface area contributed by atoms with Crippen molar-refractivity contribution in [2.24, 2.45) is 5.41 Å². The summed E-state index contributed by atoms with van der Waals surface area (Å²) >= 11 is 0. The third-order valence-corrected chi connectivity index (χ3v) is 6.78. The van der Waals surface area contributed by atoms with Crippen molar-refractivity contribution in [2.75, 3.05) is 19.3 Å². The van der Waals surface area contributed by atoms with Crippen molar-refractivity contribution in [1.29, 1.82) is 0 Å². The topological polar surface area (TPSA) is 74.7 Å². The van der Waals surface area contributed by atoms with Crippen LogP contribution >= 0.6 is 0 Å². The van der Waals surface area contributed by atoms with Crippen LogP contribution in [-0.4, -0.2) is 55.0 Å². The fraction of sp³-hybridized carbons (Fsp3) is 0.929. The Kier molecular flexibility index (Phi) is 4.44. The zero-order chi connectivity index (χ0) is 15.0. The second-order valence-corrected chi connectivity index (χ2v) is 9.00. The number of carbonyl (C=O) groups is 1. The molecule has 0 radical (unpaired) electrons. The maximum absolute atomic E-state index is 11.7. The fourth-order valence-electron chi connectivity index (χ4n) is 3.44. The minimum Gasteiger partial charge on any atom is -0.481 e. The van der Waals surface area contributed by atoms with Crippen molar-refractivity contribution in [3.8, 4) is 0 Å². The molecule has 1 heterocycles. The normalized spacial score (nSPS) is 31.9. The quantitative estimate of drug-likeness (QED) is 0.856. The van der Waals surface area contributed by atoms with Crippen LogP contribution in [0.4, 0.5) is 0 Å². The number of likely N-dealkylation sites (tertiary alicyclic amines) is 1. The third kappa shape index (κ3) is 3.34. The van der Waals surface area contributed by atoms with E-state index in [-0.39, 0.29) is 5.25 Å². The summed E-state index contributed by atoms with van der Waals surface area (Å²) in [7, 11) is -2.95. The number of sulfone groups is 1. The van der Waals surface area contributed by atoms with Gasteiger partial charge in [-0.3, -0.25) is 4.79 Å². The van der Waals surface area contributed by atoms with Crippen LogP contribution in [0.2, 0.25) is 0 Å². The van der Waals surface area contributed by atoms with Gasteiger partial charge in [-0.05, 0) is 52.1 Å². The molecule has 1 N–H and O–H groups in total. The van der Waals surface area contributed by atoms with Gasteiger partial charge >= 0.3 is 5.97 Å². The lowest BCUT2D eigenvalue weighted by Gasteiger charge is -2.43. The van der Waals surface area contributed by atoms with Crippen LogP contribution in [0.25, 0.3) is 0 Å². The van der Waals surface area contributed by atoms with Crippen molar-refractivity contribution in [2.45, 2.75) is 56.7 Å². The largest absolute Gasteiger partial charge is 0.481 e. The number of nitrogens with zero attached hydrogens (tertiary/aromatic N) is 1. The van der Waals surface area contributed by atoms with Gasteiger partial charge < -0.3 is 10.0 Å². The number of rotatable bonds is 3. The van der Waals surface area contributed by atoms with Gasteiger partial charge in [-0.2, -0.15) is 0 Å². The van der Waals surface area contributed by atoms with Gasteiger partial charge in [-0.1, -0.05) is 6.42 Å². The van der Waals surface area contributed by atoms with Crippen molar-refractivity contribution in [3.63, 3.8) is 0 Å². The molecular weight excluding hydrogens is 278 g/mol. The highest BCUT2D eigenvalue weighted by atomic mass is 32.2. The number of hydrogen-bond acceptors (Lipinski definition) is 4. The monoisotopic (exact) mass is 303 g/mol. The summed E-state index contributed by atoms with van der Waals surface area (Å²) in [5.74, 6) is -0.713. The van der Waals surface area contributed by atoms with E-state index in [0.717, 1.165) is 32.4 Å². The lowest BCUT2D eigenvalue weighted by Crippen LogP contribution is -2.49. The molecule has 0 amide bonds. The Labute approximate surface area is 121 Å². The van der Waals surface area contributed by atoms with Gasteiger partial charge in [0.05, 0.1) is 10.7 Å². The summed E-state index contributed by atoms with van der Waals surface area (Å²) in [6, 6.07) is 0.307. The van der Waals surface area contributed by atoms with Gasteiger partial charge in [0.2, 0.25) is 0 Å². The minimum absolute atomic E-state index is 0.214. The summed E-state index contributed by atoms with van der Waals surface area (Å²) < 4.78 is 23.4. The number of carboxylic acids is 1. The van der Waals surface area contributed by atoms with E-state index in [4.69, 9.17) is 0 Å². The highest BCUT2D eigenvalue weighted by Gasteiger charge is 2.40. The molecule has 5 nitrogen and oxygen atoms in total. The molecule has 6 heteroatoms. The Morgan fingerprint density at radius 3 is 2.35 bits per heavy atom. The van der Waals surface area contributed by atoms with Crippen molar-refractivity contribution in [1.82, 2.24) is 4.90 Å². The summed E-state index contributed by atoms with van der Waals surface area (Å²) in [5, 5.41) is 9.03. The van der Waals surface area contributed by atoms with Crippen molar-refractivity contribution in [3.05, 3.63) is 0 Å². The molecule has 116 valence electrons. The predicted molar refractivity (Wildman–Crippen MR) is 77.4 cm³/mol. The van der Waals surface area contributed by atoms with E-state index in [1.807, 2.05) is 6.92 Å². The third-order valence-electron chi connectivity index (χ3n) is 5.14. The maximum atomic E-state index is 11.7. The lowest BCUT2D eigenvalue weighted by molar-refractivity contribution is -0.151. The van der Waals surface area contributed by atoms with Crippen LogP contribution < -0.4 is 0 Å². The first-order valence-electron chi connectivity index (χ1n) is 7.39. The molecule has 0 aromatic rings. The second-order valence-electron chi connectivity index (χ2n) is 6.67. The molecule has 1 saturated carbocycles. The Balaban J connectivity index is 1.95. The lowest BCUT2D eigenvalue weighted by atomic mass is 9.79. The first-order valence-corrected chi connectivity index (χ1v) is 9.34. The predicted octanol–water partition coefficient (Wildman–Crippen LogP) is 1.53. The van der Waals surface area contributed by atoms with Crippen molar-refractivity contribution >= 4 is 15.8 Å². The Morgan fingerprint density at radius 2 is 1.85 bits per heavy atom. The van der Waals surface area contributed by atoms with Crippen LogP contribution in [0, 0.1) is 5.41 Å². The average molecular weight is 303 g/mol. The SMILES string of the molecule is CC1(C(=O)O)CCN(C2CCCC(S(C)(=O)=O)C2)CC1. The number of piperidine rings is 1. The summed E-state index contributed by atoms with van der Waals surface area (Å²) in [4.78, 5) is 13.6. The number of hydrogen-bond donors (Lipinski definition) is 1. The highest BCUT2D eigenvalue weighted by Crippen LogP contribution is 2.35. The first-order chi connectivity index (χ1) is 9.22. The smallest absolute Gasteiger partial charge is 0.309 e. The Morgan fingerprint density at radius 1 is 1.25 bits per heavy atom. The molecule has 20 heavy (non-hydrogen) atoms. The number of carboxylic acid groups (broad SMARTS) is 1. The zero-order valence-electron chi connectivity index (χ0n) is 12.3. The average Bonchev–Trinajstić information content (AvgIpc) is 2.38. The van der Waals surface area contributed by atoms with Gasteiger partial charge in [-0.25, -0.2) is 8.42 Å². The van der Waals surface area contributed by atoms with Crippen LogP contribution in [0.3, 0.4) is 0 Å². The van der Waals surface area contributed by atoms with E-state index in [1.165, 1.54) is 6.26 Å². The van der Waals surface area contributed by atoms with Crippen LogP contribution in [0.15, 0.2) is 0 Å². The van der Waals surface area contributed by atoms with Crippen LogP contribution in [0.1, 0.15) is 45.4 Å². The molecule has 0 bridgehead atoms. The molecule has 2 aliphatic rings. The molecule has 0 aromatic carbocycles.